The first-order chi connectivity index (χ1) is 12.3. The largest absolute Gasteiger partial charge is 0.344 e. The minimum atomic E-state index is -3.47. The first-order valence-electron chi connectivity index (χ1n) is 8.50. The third kappa shape index (κ3) is 3.00. The highest BCUT2D eigenvalue weighted by Crippen LogP contribution is 2.27. The van der Waals surface area contributed by atoms with E-state index in [2.05, 4.69) is 15.0 Å². The molecule has 0 amide bonds. The van der Waals surface area contributed by atoms with Crippen LogP contribution in [0.4, 0.5) is 5.13 Å². The van der Waals surface area contributed by atoms with Crippen LogP contribution in [-0.2, 0) is 10.0 Å². The molecule has 26 heavy (non-hydrogen) atoms. The molecule has 1 saturated heterocycles. The second kappa shape index (κ2) is 6.33. The van der Waals surface area contributed by atoms with Crippen LogP contribution >= 0.6 is 11.3 Å². The zero-order valence-electron chi connectivity index (χ0n) is 15.0. The number of benzene rings is 1. The highest BCUT2D eigenvalue weighted by molar-refractivity contribution is 7.89. The van der Waals surface area contributed by atoms with E-state index in [0.717, 1.165) is 26.9 Å². The lowest BCUT2D eigenvalue weighted by molar-refractivity contribution is 0.384. The Labute approximate surface area is 156 Å². The van der Waals surface area contributed by atoms with E-state index in [-0.39, 0.29) is 0 Å². The lowest BCUT2D eigenvalue weighted by Gasteiger charge is -2.33. The van der Waals surface area contributed by atoms with E-state index in [0.29, 0.717) is 31.1 Å². The monoisotopic (exact) mass is 391 g/mol. The Hall–Kier alpha value is -1.97. The molecule has 0 saturated carbocycles. The maximum absolute atomic E-state index is 13.0. The summed E-state index contributed by atoms with van der Waals surface area (Å²) in [6, 6.07) is 5.56. The fourth-order valence-electron chi connectivity index (χ4n) is 3.17. The van der Waals surface area contributed by atoms with Crippen molar-refractivity contribution in [3.8, 4) is 0 Å². The number of sulfonamides is 1. The summed E-state index contributed by atoms with van der Waals surface area (Å²) in [7, 11) is -3.47. The summed E-state index contributed by atoms with van der Waals surface area (Å²) in [4.78, 5) is 7.83. The first-order valence-corrected chi connectivity index (χ1v) is 10.8. The molecular formula is C17H21N5O2S2. The highest BCUT2D eigenvalue weighted by atomic mass is 32.2. The maximum atomic E-state index is 13.0. The average molecular weight is 392 g/mol. The SMILES string of the molecule is Cc1ccc(C)c(S(=O)(=O)N2CCN(c3nn4cc(C)nc4s3)CC2)c1. The van der Waals surface area contributed by atoms with Gasteiger partial charge in [-0.25, -0.2) is 17.9 Å². The van der Waals surface area contributed by atoms with Crippen LogP contribution in [0.15, 0.2) is 29.3 Å². The van der Waals surface area contributed by atoms with Crippen molar-refractivity contribution in [2.75, 3.05) is 31.1 Å². The summed E-state index contributed by atoms with van der Waals surface area (Å²) in [5.74, 6) is 0. The number of imidazole rings is 1. The molecule has 1 fully saturated rings. The van der Waals surface area contributed by atoms with Gasteiger partial charge in [0.05, 0.1) is 16.8 Å². The highest BCUT2D eigenvalue weighted by Gasteiger charge is 2.30. The van der Waals surface area contributed by atoms with Gasteiger partial charge >= 0.3 is 0 Å². The third-order valence-electron chi connectivity index (χ3n) is 4.62. The summed E-state index contributed by atoms with van der Waals surface area (Å²) in [6.45, 7) is 7.86. The fourth-order valence-corrected chi connectivity index (χ4v) is 5.88. The van der Waals surface area contributed by atoms with Gasteiger partial charge in [0, 0.05) is 26.2 Å². The normalized spacial score (nSPS) is 16.5. The maximum Gasteiger partial charge on any atom is 0.243 e. The number of hydrogen-bond acceptors (Lipinski definition) is 6. The molecule has 0 aliphatic carbocycles. The number of piperazine rings is 1. The second-order valence-corrected chi connectivity index (χ2v) is 9.49. The lowest BCUT2D eigenvalue weighted by Crippen LogP contribution is -2.48. The van der Waals surface area contributed by atoms with Crippen LogP contribution in [0.5, 0.6) is 0 Å². The van der Waals surface area contributed by atoms with Crippen molar-refractivity contribution in [1.82, 2.24) is 18.9 Å². The summed E-state index contributed by atoms with van der Waals surface area (Å²) < 4.78 is 29.4. The van der Waals surface area contributed by atoms with Gasteiger partial charge in [0.25, 0.3) is 0 Å². The molecule has 0 radical (unpaired) electrons. The predicted molar refractivity (Wildman–Crippen MR) is 102 cm³/mol. The molecule has 0 bridgehead atoms. The molecule has 1 aromatic carbocycles. The Kier molecular flexibility index (Phi) is 4.25. The van der Waals surface area contributed by atoms with Crippen LogP contribution in [0, 0.1) is 20.8 Å². The number of rotatable bonds is 3. The topological polar surface area (TPSA) is 70.8 Å². The number of anilines is 1. The molecule has 1 aliphatic heterocycles. The molecule has 2 aromatic heterocycles. The minimum absolute atomic E-state index is 0.411. The van der Waals surface area contributed by atoms with Crippen LogP contribution in [0.25, 0.3) is 4.96 Å². The third-order valence-corrected chi connectivity index (χ3v) is 7.65. The number of aryl methyl sites for hydroxylation is 3. The van der Waals surface area contributed by atoms with Crippen molar-refractivity contribution >= 4 is 31.5 Å². The summed E-state index contributed by atoms with van der Waals surface area (Å²) in [6.07, 6.45) is 1.90. The van der Waals surface area contributed by atoms with Gasteiger partial charge in [0.1, 0.15) is 0 Å². The van der Waals surface area contributed by atoms with Gasteiger partial charge in [-0.2, -0.15) is 4.31 Å². The molecule has 0 unspecified atom stereocenters. The summed E-state index contributed by atoms with van der Waals surface area (Å²) in [5.41, 5.74) is 2.68. The Morgan fingerprint density at radius 2 is 1.81 bits per heavy atom. The smallest absolute Gasteiger partial charge is 0.243 e. The molecular weight excluding hydrogens is 370 g/mol. The quantitative estimate of drug-likeness (QED) is 0.685. The number of hydrogen-bond donors (Lipinski definition) is 0. The van der Waals surface area contributed by atoms with Gasteiger partial charge in [-0.1, -0.05) is 23.5 Å². The summed E-state index contributed by atoms with van der Waals surface area (Å²) in [5, 5.41) is 5.44. The molecule has 3 heterocycles. The minimum Gasteiger partial charge on any atom is -0.344 e. The van der Waals surface area contributed by atoms with Gasteiger partial charge in [-0.3, -0.25) is 0 Å². The molecule has 0 atom stereocenters. The van der Waals surface area contributed by atoms with E-state index in [9.17, 15) is 8.42 Å². The molecule has 7 nitrogen and oxygen atoms in total. The lowest BCUT2D eigenvalue weighted by atomic mass is 10.2. The molecule has 1 aliphatic rings. The van der Waals surface area contributed by atoms with Gasteiger partial charge < -0.3 is 4.90 Å². The van der Waals surface area contributed by atoms with E-state index in [1.54, 1.807) is 14.9 Å². The predicted octanol–water partition coefficient (Wildman–Crippen LogP) is 2.23. The molecule has 9 heteroatoms. The fraction of sp³-hybridized carbons (Fsp3) is 0.412. The van der Waals surface area contributed by atoms with Crippen LogP contribution in [0.1, 0.15) is 16.8 Å². The van der Waals surface area contributed by atoms with Gasteiger partial charge in [-0.05, 0) is 38.0 Å². The van der Waals surface area contributed by atoms with Crippen LogP contribution in [-0.4, -0.2) is 53.5 Å². The molecule has 138 valence electrons. The number of aromatic nitrogens is 3. The van der Waals surface area contributed by atoms with Gasteiger partial charge in [-0.15, -0.1) is 5.10 Å². The average Bonchev–Trinajstić information content (AvgIpc) is 3.14. The van der Waals surface area contributed by atoms with Crippen LogP contribution in [0.2, 0.25) is 0 Å². The molecule has 4 rings (SSSR count). The number of fused-ring (bicyclic) bond motifs is 1. The van der Waals surface area contributed by atoms with E-state index >= 15 is 0 Å². The Morgan fingerprint density at radius 1 is 1.08 bits per heavy atom. The Bertz CT molecular complexity index is 1030. The van der Waals surface area contributed by atoms with Crippen molar-refractivity contribution in [2.24, 2.45) is 0 Å². The zero-order chi connectivity index (χ0) is 18.5. The molecule has 0 N–H and O–H groups in total. The Morgan fingerprint density at radius 3 is 2.50 bits per heavy atom. The van der Waals surface area contributed by atoms with Crippen LogP contribution in [0.3, 0.4) is 0 Å². The van der Waals surface area contributed by atoms with Crippen molar-refractivity contribution in [2.45, 2.75) is 25.7 Å². The van der Waals surface area contributed by atoms with Crippen molar-refractivity contribution in [3.63, 3.8) is 0 Å². The van der Waals surface area contributed by atoms with E-state index < -0.39 is 10.0 Å². The molecule has 0 spiro atoms. The van der Waals surface area contributed by atoms with Crippen LogP contribution < -0.4 is 4.90 Å². The van der Waals surface area contributed by atoms with Crippen molar-refractivity contribution in [1.29, 1.82) is 0 Å². The van der Waals surface area contributed by atoms with E-state index in [4.69, 9.17) is 0 Å². The van der Waals surface area contributed by atoms with Crippen molar-refractivity contribution in [3.05, 3.63) is 41.2 Å². The summed E-state index contributed by atoms with van der Waals surface area (Å²) >= 11 is 1.53. The second-order valence-electron chi connectivity index (χ2n) is 6.65. The van der Waals surface area contributed by atoms with Gasteiger partial charge in [0.15, 0.2) is 0 Å². The van der Waals surface area contributed by atoms with Crippen molar-refractivity contribution < 1.29 is 8.42 Å². The first kappa shape index (κ1) is 17.4. The zero-order valence-corrected chi connectivity index (χ0v) is 16.6. The number of nitrogens with zero attached hydrogens (tertiary/aromatic N) is 5. The van der Waals surface area contributed by atoms with E-state index in [1.165, 1.54) is 11.3 Å². The van der Waals surface area contributed by atoms with E-state index in [1.807, 2.05) is 39.1 Å². The molecule has 3 aromatic rings. The standard InChI is InChI=1S/C17H21N5O2S2/c1-12-4-5-13(2)15(10-12)26(23,24)21-8-6-20(7-9-21)17-19-22-11-14(3)18-16(22)25-17/h4-5,10-11H,6-9H2,1-3H3. The Balaban J connectivity index is 1.52. The van der Waals surface area contributed by atoms with Gasteiger partial charge in [0.2, 0.25) is 20.1 Å².